The van der Waals surface area contributed by atoms with Crippen LogP contribution in [0, 0.1) is 24.7 Å². The number of hydrogen-bond acceptors (Lipinski definition) is 16. The number of likely N-dealkylation sites (tertiary alicyclic amines) is 1. The number of phenolic OH excluding ortho intramolecular Hbond substituents is 1. The standard InChI is InChI=1S/C54H69N7O11/c1-31(2)29-59-20-17-54(18-21-59)57-44-41-42-48(66)35(6)50-43(41)51(68)53(7,72-50)70-26-11-9-16-37(71-40(64)28-39(63)61-24-22-60(23-25-61)30-36-15-8-10-19-55-36)27-38(62)34(5)47(65)32(3)13-12-14-33(4)52(69)56-46(49(42)67)45(44)58-54/h8,10-15,19,26,31-32,34,37-38,47,58,62,65-66H,9,16-18,20-25,27-30H2,1-7H3,(H,56,69)/b13-12+,26-11+,33-14-/t32?,34-,37+,38-,47-,53-/m0/s1. The molecule has 7 heterocycles. The highest BCUT2D eigenvalue weighted by Crippen LogP contribution is 2.50. The number of piperazine rings is 1. The molecule has 2 fully saturated rings. The van der Waals surface area contributed by atoms with E-state index >= 15 is 0 Å². The SMILES string of the molecule is C/C1=C/C=C/C(C)[C@H](O)[C@@H](C)[C@@H](O)C[C@H](OC(=O)CC(=O)N2CCN(Cc3ccccn3)CC2)CC/C=C/O[C@@]2(C)Oc3c(C)c(O)c4c(c3C2=O)C2=NC3(CCN(CC(C)C)CC3)NC2=C(NC1=O)C4=O. The number of nitrogens with one attached hydrogen (secondary N) is 2. The highest BCUT2D eigenvalue weighted by molar-refractivity contribution is 6.34. The summed E-state index contributed by atoms with van der Waals surface area (Å²) in [6.07, 6.45) is 7.48. The largest absolute Gasteiger partial charge is 0.507 e. The molecule has 386 valence electrons. The molecule has 1 aliphatic carbocycles. The predicted octanol–water partition coefficient (Wildman–Crippen LogP) is 4.61. The van der Waals surface area contributed by atoms with Gasteiger partial charge in [0, 0.05) is 113 Å². The van der Waals surface area contributed by atoms with Crippen LogP contribution in [0.15, 0.2) is 76.9 Å². The molecule has 5 N–H and O–H groups in total. The van der Waals surface area contributed by atoms with Gasteiger partial charge in [-0.2, -0.15) is 0 Å². The van der Waals surface area contributed by atoms with Crippen LogP contribution < -0.4 is 15.4 Å². The van der Waals surface area contributed by atoms with E-state index in [9.17, 15) is 39.3 Å². The molecular formula is C54H69N7O11. The molecule has 6 atom stereocenters. The first kappa shape index (κ1) is 52.1. The minimum absolute atomic E-state index is 0.0187. The summed E-state index contributed by atoms with van der Waals surface area (Å²) in [4.78, 5) is 86.1. The number of fused-ring (bicyclic) bond motifs is 13. The summed E-state index contributed by atoms with van der Waals surface area (Å²) in [7, 11) is 0. The number of ether oxygens (including phenoxy) is 3. The van der Waals surface area contributed by atoms with Crippen molar-refractivity contribution in [1.29, 1.82) is 0 Å². The molecule has 1 aromatic carbocycles. The number of allylic oxidation sites excluding steroid dienone is 5. The first-order valence-corrected chi connectivity index (χ1v) is 25.3. The van der Waals surface area contributed by atoms with Crippen LogP contribution in [-0.2, 0) is 30.4 Å². The van der Waals surface area contributed by atoms with Crippen molar-refractivity contribution in [3.8, 4) is 11.5 Å². The first-order chi connectivity index (χ1) is 34.3. The summed E-state index contributed by atoms with van der Waals surface area (Å²) < 4.78 is 18.2. The molecular weight excluding hydrogens is 923 g/mol. The second kappa shape index (κ2) is 21.5. The van der Waals surface area contributed by atoms with Gasteiger partial charge in [-0.05, 0) is 50.8 Å². The third kappa shape index (κ3) is 10.9. The summed E-state index contributed by atoms with van der Waals surface area (Å²) in [5.41, 5.74) is 0.710. The van der Waals surface area contributed by atoms with Crippen molar-refractivity contribution in [3.05, 3.63) is 99.9 Å². The van der Waals surface area contributed by atoms with Gasteiger partial charge in [-0.15, -0.1) is 0 Å². The van der Waals surface area contributed by atoms with E-state index in [-0.39, 0.29) is 75.9 Å². The smallest absolute Gasteiger partial charge is 0.315 e. The highest BCUT2D eigenvalue weighted by atomic mass is 16.7. The number of aliphatic imine (C=N–C) groups is 1. The molecule has 1 unspecified atom stereocenters. The molecule has 9 rings (SSSR count). The van der Waals surface area contributed by atoms with Gasteiger partial charge < -0.3 is 50.0 Å². The van der Waals surface area contributed by atoms with E-state index in [1.54, 1.807) is 56.2 Å². The lowest BCUT2D eigenvalue weighted by atomic mass is 9.82. The Bertz CT molecular complexity index is 2610. The van der Waals surface area contributed by atoms with E-state index in [1.165, 1.54) is 20.1 Å². The molecule has 7 aliphatic rings. The molecule has 1 spiro atoms. The number of carbonyl (C=O) groups is 5. The Labute approximate surface area is 420 Å². The van der Waals surface area contributed by atoms with Crippen LogP contribution >= 0.6 is 0 Å². The van der Waals surface area contributed by atoms with Gasteiger partial charge in [0.05, 0.1) is 46.7 Å². The number of phenols is 1. The predicted molar refractivity (Wildman–Crippen MR) is 267 cm³/mol. The Morgan fingerprint density at radius 1 is 0.972 bits per heavy atom. The molecule has 1 aromatic heterocycles. The quantitative estimate of drug-likeness (QED) is 0.188. The molecule has 2 saturated heterocycles. The van der Waals surface area contributed by atoms with E-state index in [2.05, 4.69) is 39.3 Å². The summed E-state index contributed by atoms with van der Waals surface area (Å²) in [6.45, 7) is 17.4. The van der Waals surface area contributed by atoms with Gasteiger partial charge in [0.1, 0.15) is 35.4 Å². The van der Waals surface area contributed by atoms with Crippen molar-refractivity contribution in [2.24, 2.45) is 22.7 Å². The average molecular weight is 992 g/mol. The number of ketones is 2. The number of amides is 2. The van der Waals surface area contributed by atoms with Gasteiger partial charge in [-0.1, -0.05) is 52.0 Å². The Kier molecular flexibility index (Phi) is 15.5. The number of aromatic hydroxyl groups is 1. The van der Waals surface area contributed by atoms with Crippen molar-refractivity contribution in [1.82, 2.24) is 30.3 Å². The number of piperidine rings is 1. The van der Waals surface area contributed by atoms with Crippen molar-refractivity contribution < 1.29 is 53.5 Å². The fourth-order valence-electron chi connectivity index (χ4n) is 10.4. The first-order valence-electron chi connectivity index (χ1n) is 25.3. The third-order valence-corrected chi connectivity index (χ3v) is 14.8. The van der Waals surface area contributed by atoms with Gasteiger partial charge in [0.25, 0.3) is 11.7 Å². The van der Waals surface area contributed by atoms with Gasteiger partial charge in [0.15, 0.2) is 0 Å². The van der Waals surface area contributed by atoms with Crippen LogP contribution in [0.25, 0.3) is 0 Å². The minimum Gasteiger partial charge on any atom is -0.507 e. The average Bonchev–Trinajstić information content (AvgIpc) is 3.85. The lowest BCUT2D eigenvalue weighted by Crippen LogP contribution is -2.50. The molecule has 0 saturated carbocycles. The van der Waals surface area contributed by atoms with Gasteiger partial charge >= 0.3 is 11.8 Å². The minimum atomic E-state index is -1.95. The summed E-state index contributed by atoms with van der Waals surface area (Å²) in [6, 6.07) is 5.75. The van der Waals surface area contributed by atoms with Crippen molar-refractivity contribution >= 4 is 35.1 Å². The molecule has 72 heavy (non-hydrogen) atoms. The van der Waals surface area contributed by atoms with Crippen LogP contribution in [0.2, 0.25) is 0 Å². The van der Waals surface area contributed by atoms with Crippen LogP contribution in [-0.4, -0.2) is 146 Å². The zero-order valence-electron chi connectivity index (χ0n) is 42.4. The normalized spacial score (nSPS) is 28.8. The van der Waals surface area contributed by atoms with E-state index < -0.39 is 77.2 Å². The lowest BCUT2D eigenvalue weighted by molar-refractivity contribution is -0.155. The number of aromatic nitrogens is 1. The maximum Gasteiger partial charge on any atom is 0.315 e. The van der Waals surface area contributed by atoms with Gasteiger partial charge in [-0.25, -0.2) is 0 Å². The number of esters is 1. The van der Waals surface area contributed by atoms with E-state index in [1.807, 2.05) is 18.2 Å². The number of nitrogens with zero attached hydrogens (tertiary/aromatic N) is 5. The van der Waals surface area contributed by atoms with Crippen molar-refractivity contribution in [2.75, 3.05) is 45.8 Å². The number of hydrogen-bond donors (Lipinski definition) is 5. The Morgan fingerprint density at radius 2 is 1.71 bits per heavy atom. The summed E-state index contributed by atoms with van der Waals surface area (Å²) >= 11 is 0. The second-order valence-electron chi connectivity index (χ2n) is 20.7. The van der Waals surface area contributed by atoms with E-state index in [4.69, 9.17) is 19.2 Å². The van der Waals surface area contributed by atoms with E-state index in [0.717, 1.165) is 12.2 Å². The zero-order valence-corrected chi connectivity index (χ0v) is 42.4. The van der Waals surface area contributed by atoms with Gasteiger partial charge in [-0.3, -0.25) is 38.8 Å². The van der Waals surface area contributed by atoms with Crippen molar-refractivity contribution in [3.63, 3.8) is 0 Å². The number of rotatable bonds is 7. The Hall–Kier alpha value is -6.21. The van der Waals surface area contributed by atoms with Crippen molar-refractivity contribution in [2.45, 2.75) is 123 Å². The highest BCUT2D eigenvalue weighted by Gasteiger charge is 2.54. The topological polar surface area (TPSA) is 233 Å². The number of benzene rings is 1. The number of aliphatic hydroxyl groups excluding tert-OH is 2. The number of pyridine rings is 1. The zero-order chi connectivity index (χ0) is 51.6. The number of carbonyl (C=O) groups excluding carboxylic acids is 5. The number of Topliss-reactive ketones (excluding diaryl/α,β-unsaturated/α-hetero) is 2. The van der Waals surface area contributed by atoms with Gasteiger partial charge in [0.2, 0.25) is 11.7 Å². The third-order valence-electron chi connectivity index (χ3n) is 14.8. The monoisotopic (exact) mass is 992 g/mol. The fraction of sp³-hybridized carbons (Fsp3) is 0.537. The molecule has 6 aliphatic heterocycles. The maximum absolute atomic E-state index is 14.8. The second-order valence-corrected chi connectivity index (χ2v) is 20.7. The molecule has 0 radical (unpaired) electrons. The molecule has 18 heteroatoms. The fourth-order valence-corrected chi connectivity index (χ4v) is 10.4. The summed E-state index contributed by atoms with van der Waals surface area (Å²) in [5, 5.41) is 41.1. The number of aliphatic hydroxyl groups is 2. The Balaban J connectivity index is 1.05. The molecule has 2 amide bonds. The molecule has 2 aromatic rings. The summed E-state index contributed by atoms with van der Waals surface area (Å²) in [5.74, 6) is -6.13. The molecule has 5 bridgehead atoms. The maximum atomic E-state index is 14.8. The van der Waals surface area contributed by atoms with Crippen LogP contribution in [0.3, 0.4) is 0 Å². The van der Waals surface area contributed by atoms with Crippen LogP contribution in [0.4, 0.5) is 0 Å². The molecule has 18 nitrogen and oxygen atoms in total. The Morgan fingerprint density at radius 3 is 2.40 bits per heavy atom. The van der Waals surface area contributed by atoms with E-state index in [0.29, 0.717) is 64.6 Å². The van der Waals surface area contributed by atoms with Crippen LogP contribution in [0.1, 0.15) is 118 Å². The van der Waals surface area contributed by atoms with Crippen LogP contribution in [0.5, 0.6) is 11.5 Å². The lowest BCUT2D eigenvalue weighted by Gasteiger charge is -2.38.